The molecule has 0 aromatic heterocycles. The molecule has 2 amide bonds. The Morgan fingerprint density at radius 3 is 2.11 bits per heavy atom. The summed E-state index contributed by atoms with van der Waals surface area (Å²) < 4.78 is 0. The van der Waals surface area contributed by atoms with Crippen molar-refractivity contribution < 1.29 is 9.59 Å². The molecule has 19 heavy (non-hydrogen) atoms. The van der Waals surface area contributed by atoms with Crippen molar-refractivity contribution >= 4 is 11.8 Å². The van der Waals surface area contributed by atoms with Crippen LogP contribution >= 0.6 is 0 Å². The molecule has 0 spiro atoms. The Hall–Kier alpha value is -1.32. The van der Waals surface area contributed by atoms with Gasteiger partial charge in [-0.05, 0) is 23.8 Å². The maximum absolute atomic E-state index is 11.9. The van der Waals surface area contributed by atoms with Crippen molar-refractivity contribution in [3.8, 4) is 0 Å². The summed E-state index contributed by atoms with van der Waals surface area (Å²) in [6, 6.07) is 0. The Labute approximate surface area is 117 Å². The number of amides is 2. The molecule has 0 saturated carbocycles. The zero-order valence-electron chi connectivity index (χ0n) is 13.2. The standard InChI is InChI=1S/C15H28N2O2/c1-8-13(19)17(9-2)10-12(18)16-11-15(6,7)14(3,4)5/h8H,1,9-11H2,2-7H3,(H,16,18). The zero-order valence-corrected chi connectivity index (χ0v) is 13.2. The van der Waals surface area contributed by atoms with Crippen LogP contribution in [0, 0.1) is 10.8 Å². The maximum Gasteiger partial charge on any atom is 0.246 e. The minimum Gasteiger partial charge on any atom is -0.354 e. The minimum atomic E-state index is -0.215. The molecule has 0 radical (unpaired) electrons. The van der Waals surface area contributed by atoms with E-state index in [1.54, 1.807) is 0 Å². The molecule has 0 aliphatic carbocycles. The predicted molar refractivity (Wildman–Crippen MR) is 78.7 cm³/mol. The van der Waals surface area contributed by atoms with Crippen molar-refractivity contribution in [3.63, 3.8) is 0 Å². The molecule has 0 heterocycles. The number of nitrogens with one attached hydrogen (secondary N) is 1. The quantitative estimate of drug-likeness (QED) is 0.751. The van der Waals surface area contributed by atoms with Crippen LogP contribution in [-0.2, 0) is 9.59 Å². The number of carbonyl (C=O) groups excluding carboxylic acids is 2. The Morgan fingerprint density at radius 2 is 1.74 bits per heavy atom. The maximum atomic E-state index is 11.9. The Balaban J connectivity index is 4.41. The van der Waals surface area contributed by atoms with E-state index in [1.165, 1.54) is 11.0 Å². The SMILES string of the molecule is C=CC(=O)N(CC)CC(=O)NCC(C)(C)C(C)(C)C. The fourth-order valence-corrected chi connectivity index (χ4v) is 1.29. The van der Waals surface area contributed by atoms with Crippen LogP contribution in [0.1, 0.15) is 41.5 Å². The van der Waals surface area contributed by atoms with Gasteiger partial charge >= 0.3 is 0 Å². The third-order valence-electron chi connectivity index (χ3n) is 3.96. The van der Waals surface area contributed by atoms with Gasteiger partial charge in [-0.1, -0.05) is 41.2 Å². The second-order valence-electron chi connectivity index (χ2n) is 6.47. The normalized spacial score (nSPS) is 11.9. The van der Waals surface area contributed by atoms with Crippen molar-refractivity contribution in [3.05, 3.63) is 12.7 Å². The highest BCUT2D eigenvalue weighted by molar-refractivity contribution is 5.90. The largest absolute Gasteiger partial charge is 0.354 e. The average molecular weight is 268 g/mol. The van der Waals surface area contributed by atoms with Crippen LogP contribution in [0.5, 0.6) is 0 Å². The molecule has 0 bridgehead atoms. The molecule has 0 saturated heterocycles. The molecule has 4 heteroatoms. The van der Waals surface area contributed by atoms with E-state index in [9.17, 15) is 9.59 Å². The van der Waals surface area contributed by atoms with Gasteiger partial charge in [-0.15, -0.1) is 0 Å². The van der Waals surface area contributed by atoms with Crippen LogP contribution in [0.2, 0.25) is 0 Å². The van der Waals surface area contributed by atoms with E-state index in [1.807, 2.05) is 6.92 Å². The van der Waals surface area contributed by atoms with Gasteiger partial charge in [0.05, 0.1) is 6.54 Å². The zero-order chi connectivity index (χ0) is 15.3. The first-order valence-corrected chi connectivity index (χ1v) is 6.73. The lowest BCUT2D eigenvalue weighted by Crippen LogP contribution is -2.45. The van der Waals surface area contributed by atoms with Crippen molar-refractivity contribution in [1.29, 1.82) is 0 Å². The van der Waals surface area contributed by atoms with Crippen molar-refractivity contribution in [1.82, 2.24) is 10.2 Å². The van der Waals surface area contributed by atoms with Gasteiger partial charge in [0.15, 0.2) is 0 Å². The van der Waals surface area contributed by atoms with Gasteiger partial charge in [0.2, 0.25) is 11.8 Å². The Morgan fingerprint density at radius 1 is 1.21 bits per heavy atom. The Kier molecular flexibility index (Phi) is 6.27. The molecule has 4 nitrogen and oxygen atoms in total. The molecule has 0 rings (SSSR count). The van der Waals surface area contributed by atoms with E-state index in [-0.39, 0.29) is 29.2 Å². The summed E-state index contributed by atoms with van der Waals surface area (Å²) in [5.74, 6) is -0.345. The lowest BCUT2D eigenvalue weighted by molar-refractivity contribution is -0.132. The number of hydrogen-bond donors (Lipinski definition) is 1. The molecule has 0 fully saturated rings. The van der Waals surface area contributed by atoms with Crippen LogP contribution in [0.4, 0.5) is 0 Å². The summed E-state index contributed by atoms with van der Waals surface area (Å²) in [6.07, 6.45) is 1.23. The topological polar surface area (TPSA) is 49.4 Å². The van der Waals surface area contributed by atoms with Gasteiger partial charge in [0.1, 0.15) is 0 Å². The fraction of sp³-hybridized carbons (Fsp3) is 0.733. The van der Waals surface area contributed by atoms with E-state index in [0.29, 0.717) is 13.1 Å². The van der Waals surface area contributed by atoms with E-state index < -0.39 is 0 Å². The summed E-state index contributed by atoms with van der Waals surface area (Å²) in [6.45, 7) is 17.2. The summed E-state index contributed by atoms with van der Waals surface area (Å²) in [5, 5.41) is 2.91. The first-order valence-electron chi connectivity index (χ1n) is 6.73. The molecule has 0 aromatic rings. The number of carbonyl (C=O) groups is 2. The van der Waals surface area contributed by atoms with Gasteiger partial charge in [0.25, 0.3) is 0 Å². The van der Waals surface area contributed by atoms with Gasteiger partial charge < -0.3 is 10.2 Å². The number of rotatable bonds is 6. The van der Waals surface area contributed by atoms with Gasteiger partial charge in [-0.3, -0.25) is 9.59 Å². The predicted octanol–water partition coefficient (Wildman–Crippen LogP) is 2.21. The average Bonchev–Trinajstić information content (AvgIpc) is 2.31. The monoisotopic (exact) mass is 268 g/mol. The van der Waals surface area contributed by atoms with Crippen molar-refractivity contribution in [2.24, 2.45) is 10.8 Å². The third kappa shape index (κ3) is 5.45. The lowest BCUT2D eigenvalue weighted by atomic mass is 9.69. The lowest BCUT2D eigenvalue weighted by Gasteiger charge is -2.39. The molecule has 0 aliphatic heterocycles. The molecule has 1 N–H and O–H groups in total. The van der Waals surface area contributed by atoms with E-state index in [0.717, 1.165) is 0 Å². The van der Waals surface area contributed by atoms with Gasteiger partial charge in [-0.25, -0.2) is 0 Å². The highest BCUT2D eigenvalue weighted by Crippen LogP contribution is 2.36. The van der Waals surface area contributed by atoms with Crippen LogP contribution < -0.4 is 5.32 Å². The summed E-state index contributed by atoms with van der Waals surface area (Å²) in [7, 11) is 0. The summed E-state index contributed by atoms with van der Waals surface area (Å²) in [4.78, 5) is 24.8. The molecule has 0 unspecified atom stereocenters. The number of nitrogens with zero attached hydrogens (tertiary/aromatic N) is 1. The van der Waals surface area contributed by atoms with Crippen LogP contribution in [0.15, 0.2) is 12.7 Å². The molecule has 0 aliphatic rings. The third-order valence-corrected chi connectivity index (χ3v) is 3.96. The molecular formula is C15H28N2O2. The second kappa shape index (κ2) is 6.73. The highest BCUT2D eigenvalue weighted by Gasteiger charge is 2.32. The van der Waals surface area contributed by atoms with Crippen molar-refractivity contribution in [2.45, 2.75) is 41.5 Å². The smallest absolute Gasteiger partial charge is 0.246 e. The molecule has 0 atom stereocenters. The summed E-state index contributed by atoms with van der Waals surface area (Å²) in [5.41, 5.74) is 0.0871. The van der Waals surface area contributed by atoms with Crippen LogP contribution in [-0.4, -0.2) is 36.3 Å². The first-order chi connectivity index (χ1) is 8.55. The molecular weight excluding hydrogens is 240 g/mol. The van der Waals surface area contributed by atoms with E-state index in [2.05, 4.69) is 46.5 Å². The minimum absolute atomic E-state index is 0.0118. The number of likely N-dealkylation sites (N-methyl/N-ethyl adjacent to an activating group) is 1. The number of hydrogen-bond acceptors (Lipinski definition) is 2. The Bertz CT molecular complexity index is 341. The fourth-order valence-electron chi connectivity index (χ4n) is 1.29. The first kappa shape index (κ1) is 17.7. The van der Waals surface area contributed by atoms with Crippen LogP contribution in [0.3, 0.4) is 0 Å². The van der Waals surface area contributed by atoms with Crippen LogP contribution in [0.25, 0.3) is 0 Å². The van der Waals surface area contributed by atoms with E-state index >= 15 is 0 Å². The van der Waals surface area contributed by atoms with Gasteiger partial charge in [0, 0.05) is 13.1 Å². The van der Waals surface area contributed by atoms with Gasteiger partial charge in [-0.2, -0.15) is 0 Å². The van der Waals surface area contributed by atoms with Crippen molar-refractivity contribution in [2.75, 3.05) is 19.6 Å². The summed E-state index contributed by atoms with van der Waals surface area (Å²) >= 11 is 0. The molecule has 0 aromatic carbocycles. The molecule has 110 valence electrons. The second-order valence-corrected chi connectivity index (χ2v) is 6.47. The van der Waals surface area contributed by atoms with E-state index in [4.69, 9.17) is 0 Å². The highest BCUT2D eigenvalue weighted by atomic mass is 16.2.